The van der Waals surface area contributed by atoms with Crippen LogP contribution in [-0.2, 0) is 4.79 Å². The summed E-state index contributed by atoms with van der Waals surface area (Å²) in [6, 6.07) is 2.24. The van der Waals surface area contributed by atoms with Crippen molar-refractivity contribution in [3.05, 3.63) is 5.82 Å². The lowest BCUT2D eigenvalue weighted by Gasteiger charge is -2.37. The van der Waals surface area contributed by atoms with Gasteiger partial charge in [0.1, 0.15) is 6.04 Å². The topological polar surface area (TPSA) is 95.5 Å². The molecule has 8 heteroatoms. The van der Waals surface area contributed by atoms with E-state index in [1.807, 2.05) is 27.7 Å². The molecule has 1 amide bonds. The molecule has 132 valence electrons. The Morgan fingerprint density at radius 2 is 1.96 bits per heavy atom. The number of nitriles is 1. The minimum atomic E-state index is -0.119. The van der Waals surface area contributed by atoms with Crippen LogP contribution in [0.2, 0.25) is 0 Å². The van der Waals surface area contributed by atoms with Gasteiger partial charge in [0.25, 0.3) is 5.91 Å². The Morgan fingerprint density at radius 3 is 2.46 bits per heavy atom. The van der Waals surface area contributed by atoms with Crippen molar-refractivity contribution < 1.29 is 14.1 Å². The molecule has 1 aliphatic rings. The molecule has 0 aliphatic carbocycles. The molecule has 1 saturated heterocycles. The van der Waals surface area contributed by atoms with Crippen molar-refractivity contribution in [3.8, 4) is 12.1 Å². The number of nitrogens with zero attached hydrogens (tertiary/aromatic N) is 5. The molecule has 1 aromatic heterocycles. The van der Waals surface area contributed by atoms with E-state index in [0.29, 0.717) is 32.0 Å². The molecule has 0 N–H and O–H groups in total. The van der Waals surface area contributed by atoms with Crippen LogP contribution >= 0.6 is 0 Å². The van der Waals surface area contributed by atoms with Crippen molar-refractivity contribution in [2.45, 2.75) is 39.7 Å². The summed E-state index contributed by atoms with van der Waals surface area (Å²) in [6.07, 6.45) is 0.0232. The standard InChI is InChI=1S/C16H25N5O3/c1-11(2)13(9-17)20-5-7-21(8-6-20)14(22)10-23-16-18-15(12(3)4)19-24-16/h11-13H,5-8,10H2,1-4H3/t13-/m1/s1. The predicted octanol–water partition coefficient (Wildman–Crippen LogP) is 1.26. The molecule has 1 fully saturated rings. The van der Waals surface area contributed by atoms with Crippen molar-refractivity contribution in [2.75, 3.05) is 32.8 Å². The highest BCUT2D eigenvalue weighted by Gasteiger charge is 2.28. The molecule has 0 aromatic carbocycles. The van der Waals surface area contributed by atoms with Gasteiger partial charge in [-0.3, -0.25) is 14.2 Å². The first kappa shape index (κ1) is 18.2. The van der Waals surface area contributed by atoms with E-state index in [1.165, 1.54) is 0 Å². The third-order valence-electron chi connectivity index (χ3n) is 4.08. The van der Waals surface area contributed by atoms with Crippen molar-refractivity contribution in [3.63, 3.8) is 0 Å². The molecule has 2 rings (SSSR count). The van der Waals surface area contributed by atoms with Crippen LogP contribution in [0.3, 0.4) is 0 Å². The van der Waals surface area contributed by atoms with Gasteiger partial charge in [-0.1, -0.05) is 32.9 Å². The van der Waals surface area contributed by atoms with E-state index in [4.69, 9.17) is 9.26 Å². The highest BCUT2D eigenvalue weighted by molar-refractivity contribution is 5.77. The number of hydrogen-bond donors (Lipinski definition) is 0. The summed E-state index contributed by atoms with van der Waals surface area (Å²) >= 11 is 0. The average Bonchev–Trinajstić information content (AvgIpc) is 3.03. The van der Waals surface area contributed by atoms with Gasteiger partial charge in [-0.2, -0.15) is 10.2 Å². The zero-order valence-electron chi connectivity index (χ0n) is 14.7. The Hall–Kier alpha value is -2.14. The summed E-state index contributed by atoms with van der Waals surface area (Å²) in [5.41, 5.74) is 0. The Kier molecular flexibility index (Phi) is 6.15. The maximum absolute atomic E-state index is 12.2. The first-order valence-electron chi connectivity index (χ1n) is 8.30. The highest BCUT2D eigenvalue weighted by Crippen LogP contribution is 2.15. The molecule has 0 unspecified atom stereocenters. The fraction of sp³-hybridized carbons (Fsp3) is 0.750. The SMILES string of the molecule is CC(C)c1noc(OCC(=O)N2CCN([C@H](C#N)C(C)C)CC2)n1. The van der Waals surface area contributed by atoms with E-state index in [1.54, 1.807) is 4.90 Å². The van der Waals surface area contributed by atoms with Crippen molar-refractivity contribution in [1.82, 2.24) is 19.9 Å². The second-order valence-electron chi connectivity index (χ2n) is 6.60. The molecule has 0 saturated carbocycles. The Bertz CT molecular complexity index is 585. The lowest BCUT2D eigenvalue weighted by Crippen LogP contribution is -2.53. The van der Waals surface area contributed by atoms with Gasteiger partial charge in [-0.25, -0.2) is 0 Å². The van der Waals surface area contributed by atoms with Gasteiger partial charge in [0.2, 0.25) is 0 Å². The first-order valence-corrected chi connectivity index (χ1v) is 8.30. The largest absolute Gasteiger partial charge is 0.439 e. The molecule has 0 spiro atoms. The third-order valence-corrected chi connectivity index (χ3v) is 4.08. The quantitative estimate of drug-likeness (QED) is 0.772. The lowest BCUT2D eigenvalue weighted by molar-refractivity contribution is -0.135. The Morgan fingerprint density at radius 1 is 1.29 bits per heavy atom. The summed E-state index contributed by atoms with van der Waals surface area (Å²) in [7, 11) is 0. The van der Waals surface area contributed by atoms with Gasteiger partial charge in [0, 0.05) is 32.1 Å². The maximum atomic E-state index is 12.2. The van der Waals surface area contributed by atoms with Crippen molar-refractivity contribution in [2.24, 2.45) is 5.92 Å². The summed E-state index contributed by atoms with van der Waals surface area (Å²) in [6.45, 7) is 10.4. The first-order chi connectivity index (χ1) is 11.4. The molecular formula is C16H25N5O3. The minimum Gasteiger partial charge on any atom is -0.439 e. The molecule has 0 bridgehead atoms. The second-order valence-corrected chi connectivity index (χ2v) is 6.60. The second kappa shape index (κ2) is 8.11. The number of piperazine rings is 1. The summed E-state index contributed by atoms with van der Waals surface area (Å²) in [4.78, 5) is 20.2. The smallest absolute Gasteiger partial charge is 0.417 e. The van der Waals surface area contributed by atoms with Crippen LogP contribution in [0.15, 0.2) is 4.52 Å². The monoisotopic (exact) mass is 335 g/mol. The zero-order chi connectivity index (χ0) is 17.7. The molecule has 24 heavy (non-hydrogen) atoms. The number of carbonyl (C=O) groups excluding carboxylic acids is 1. The van der Waals surface area contributed by atoms with E-state index < -0.39 is 0 Å². The van der Waals surface area contributed by atoms with Crippen LogP contribution in [0.25, 0.3) is 0 Å². The molecule has 1 atom stereocenters. The van der Waals surface area contributed by atoms with Crippen LogP contribution in [0.1, 0.15) is 39.4 Å². The van der Waals surface area contributed by atoms with Gasteiger partial charge in [0.05, 0.1) is 6.07 Å². The van der Waals surface area contributed by atoms with Gasteiger partial charge in [-0.05, 0) is 5.92 Å². The molecule has 0 radical (unpaired) electrons. The number of aromatic nitrogens is 2. The molecule has 2 heterocycles. The summed E-state index contributed by atoms with van der Waals surface area (Å²) in [5, 5.41) is 13.0. The van der Waals surface area contributed by atoms with Crippen LogP contribution in [-0.4, -0.2) is 64.7 Å². The number of ether oxygens (including phenoxy) is 1. The van der Waals surface area contributed by atoms with Crippen LogP contribution in [0, 0.1) is 17.2 Å². The average molecular weight is 335 g/mol. The van der Waals surface area contributed by atoms with E-state index in [-0.39, 0.29) is 36.5 Å². The number of hydrogen-bond acceptors (Lipinski definition) is 7. The minimum absolute atomic E-state index is 0.0232. The lowest BCUT2D eigenvalue weighted by atomic mass is 10.0. The summed E-state index contributed by atoms with van der Waals surface area (Å²) in [5.74, 6) is 0.858. The molecule has 1 aliphatic heterocycles. The van der Waals surface area contributed by atoms with Crippen molar-refractivity contribution >= 4 is 5.91 Å². The van der Waals surface area contributed by atoms with Gasteiger partial charge in [-0.15, -0.1) is 0 Å². The fourth-order valence-electron chi connectivity index (χ4n) is 2.63. The Labute approximate surface area is 142 Å². The van der Waals surface area contributed by atoms with Gasteiger partial charge < -0.3 is 9.64 Å². The number of carbonyl (C=O) groups is 1. The van der Waals surface area contributed by atoms with Crippen molar-refractivity contribution in [1.29, 1.82) is 5.26 Å². The van der Waals surface area contributed by atoms with E-state index in [9.17, 15) is 10.1 Å². The van der Waals surface area contributed by atoms with Gasteiger partial charge >= 0.3 is 6.08 Å². The van der Waals surface area contributed by atoms with Gasteiger partial charge in [0.15, 0.2) is 12.4 Å². The fourth-order valence-corrected chi connectivity index (χ4v) is 2.63. The zero-order valence-corrected chi connectivity index (χ0v) is 14.7. The predicted molar refractivity (Wildman–Crippen MR) is 86.3 cm³/mol. The van der Waals surface area contributed by atoms with E-state index in [0.717, 1.165) is 0 Å². The van der Waals surface area contributed by atoms with Crippen LogP contribution < -0.4 is 4.74 Å². The normalized spacial score (nSPS) is 17.1. The molecule has 8 nitrogen and oxygen atoms in total. The van der Waals surface area contributed by atoms with E-state index >= 15 is 0 Å². The molecular weight excluding hydrogens is 310 g/mol. The number of rotatable bonds is 6. The maximum Gasteiger partial charge on any atom is 0.417 e. The summed E-state index contributed by atoms with van der Waals surface area (Å²) < 4.78 is 10.2. The third kappa shape index (κ3) is 4.45. The van der Waals surface area contributed by atoms with E-state index in [2.05, 4.69) is 21.1 Å². The van der Waals surface area contributed by atoms with Crippen LogP contribution in [0.4, 0.5) is 0 Å². The Balaban J connectivity index is 1.79. The number of amides is 1. The highest BCUT2D eigenvalue weighted by atomic mass is 16.6. The van der Waals surface area contributed by atoms with Crippen LogP contribution in [0.5, 0.6) is 6.08 Å². The molecule has 1 aromatic rings.